The number of rotatable bonds is 5. The molecule has 0 aliphatic carbocycles. The van der Waals surface area contributed by atoms with Crippen LogP contribution in [0.4, 0.5) is 0 Å². The summed E-state index contributed by atoms with van der Waals surface area (Å²) in [6.07, 6.45) is 3.10. The molecule has 1 fully saturated rings. The van der Waals surface area contributed by atoms with Crippen LogP contribution in [0.2, 0.25) is 5.02 Å². The Morgan fingerprint density at radius 3 is 2.50 bits per heavy atom. The quantitative estimate of drug-likeness (QED) is 0.829. The molecule has 0 saturated carbocycles. The fraction of sp³-hybridized carbons (Fsp3) is 0.529. The Morgan fingerprint density at radius 2 is 1.88 bits per heavy atom. The Morgan fingerprint density at radius 1 is 1.21 bits per heavy atom. The zero-order valence-corrected chi connectivity index (χ0v) is 15.1. The number of amides is 1. The lowest BCUT2D eigenvalue weighted by Gasteiger charge is -2.24. The number of hydrogen-bond donors (Lipinski definition) is 2. The Hall–Kier alpha value is -1.30. The number of likely N-dealkylation sites (tertiary alicyclic amines) is 1. The van der Waals surface area contributed by atoms with Crippen molar-refractivity contribution < 1.29 is 14.7 Å². The second-order valence-electron chi connectivity index (χ2n) is 6.15. The van der Waals surface area contributed by atoms with E-state index in [1.54, 1.807) is 4.90 Å². The average molecular weight is 375 g/mol. The highest BCUT2D eigenvalue weighted by atomic mass is 35.5. The van der Waals surface area contributed by atoms with Gasteiger partial charge in [0.1, 0.15) is 0 Å². The molecule has 2 atom stereocenters. The highest BCUT2D eigenvalue weighted by Crippen LogP contribution is 2.18. The van der Waals surface area contributed by atoms with Crippen LogP contribution >= 0.6 is 24.0 Å². The molecule has 1 aromatic carbocycles. The standard InChI is InChI=1S/C17H23ClN2O3.ClH/c18-14-7-4-12(5-8-14)2-1-3-16(21)20-10-13(17(22)23)6-9-15(19)11-20;/h4-5,7-8,13,15H,1-3,6,9-11,19H2,(H,22,23);1H/t13-,15+;/m0./s1. The van der Waals surface area contributed by atoms with Gasteiger partial charge in [0.2, 0.25) is 5.91 Å². The molecule has 1 aliphatic rings. The maximum Gasteiger partial charge on any atom is 0.308 e. The van der Waals surface area contributed by atoms with Crippen molar-refractivity contribution in [3.8, 4) is 0 Å². The normalized spacial score (nSPS) is 20.8. The van der Waals surface area contributed by atoms with Gasteiger partial charge in [0, 0.05) is 30.6 Å². The van der Waals surface area contributed by atoms with Crippen LogP contribution in [0.25, 0.3) is 0 Å². The van der Waals surface area contributed by atoms with E-state index in [-0.39, 0.29) is 30.9 Å². The fourth-order valence-electron chi connectivity index (χ4n) is 2.88. The SMILES string of the molecule is Cl.N[C@@H]1CC[C@H](C(=O)O)CN(C(=O)CCCc2ccc(Cl)cc2)C1. The molecule has 2 rings (SSSR count). The number of nitrogens with zero attached hydrogens (tertiary/aromatic N) is 1. The zero-order valence-electron chi connectivity index (χ0n) is 13.5. The summed E-state index contributed by atoms with van der Waals surface area (Å²) in [5.74, 6) is -1.37. The van der Waals surface area contributed by atoms with Crippen LogP contribution in [0.1, 0.15) is 31.2 Å². The first-order valence-electron chi connectivity index (χ1n) is 7.96. The molecule has 7 heteroatoms. The van der Waals surface area contributed by atoms with Crippen molar-refractivity contribution >= 4 is 35.9 Å². The summed E-state index contributed by atoms with van der Waals surface area (Å²) < 4.78 is 0. The van der Waals surface area contributed by atoms with Crippen LogP contribution in [0, 0.1) is 5.92 Å². The number of carbonyl (C=O) groups is 2. The largest absolute Gasteiger partial charge is 0.481 e. The average Bonchev–Trinajstić information content (AvgIpc) is 2.71. The molecule has 3 N–H and O–H groups in total. The number of aliphatic carboxylic acids is 1. The van der Waals surface area contributed by atoms with Crippen molar-refractivity contribution in [2.24, 2.45) is 11.7 Å². The van der Waals surface area contributed by atoms with E-state index in [9.17, 15) is 14.7 Å². The van der Waals surface area contributed by atoms with Crippen molar-refractivity contribution in [1.82, 2.24) is 4.90 Å². The number of nitrogens with two attached hydrogens (primary N) is 1. The molecule has 0 unspecified atom stereocenters. The molecule has 134 valence electrons. The monoisotopic (exact) mass is 374 g/mol. The number of carbonyl (C=O) groups excluding carboxylic acids is 1. The minimum Gasteiger partial charge on any atom is -0.481 e. The van der Waals surface area contributed by atoms with E-state index < -0.39 is 11.9 Å². The van der Waals surface area contributed by atoms with E-state index in [2.05, 4.69) is 0 Å². The third kappa shape index (κ3) is 6.30. The molecule has 0 aromatic heterocycles. The van der Waals surface area contributed by atoms with Crippen LogP contribution in [0.3, 0.4) is 0 Å². The minimum atomic E-state index is -0.849. The number of halogens is 2. The van der Waals surface area contributed by atoms with Gasteiger partial charge in [-0.15, -0.1) is 12.4 Å². The van der Waals surface area contributed by atoms with Gasteiger partial charge in [0.25, 0.3) is 0 Å². The molecule has 1 saturated heterocycles. The van der Waals surface area contributed by atoms with Crippen molar-refractivity contribution in [2.75, 3.05) is 13.1 Å². The van der Waals surface area contributed by atoms with E-state index in [1.165, 1.54) is 0 Å². The molecule has 1 aromatic rings. The van der Waals surface area contributed by atoms with Gasteiger partial charge in [0.05, 0.1) is 5.92 Å². The third-order valence-corrected chi connectivity index (χ3v) is 4.50. The van der Waals surface area contributed by atoms with Crippen molar-refractivity contribution in [1.29, 1.82) is 0 Å². The maximum absolute atomic E-state index is 12.4. The lowest BCUT2D eigenvalue weighted by molar-refractivity contribution is -0.143. The minimum absolute atomic E-state index is 0. The molecule has 0 bridgehead atoms. The third-order valence-electron chi connectivity index (χ3n) is 4.25. The van der Waals surface area contributed by atoms with Gasteiger partial charge in [-0.05, 0) is 43.4 Å². The van der Waals surface area contributed by atoms with E-state index in [1.807, 2.05) is 24.3 Å². The molecule has 1 heterocycles. The Labute approximate surface area is 153 Å². The second kappa shape index (κ2) is 9.87. The van der Waals surface area contributed by atoms with E-state index in [0.717, 1.165) is 18.4 Å². The summed E-state index contributed by atoms with van der Waals surface area (Å²) >= 11 is 5.85. The maximum atomic E-state index is 12.4. The number of hydrogen-bond acceptors (Lipinski definition) is 3. The number of carboxylic acid groups (broad SMARTS) is 1. The summed E-state index contributed by atoms with van der Waals surface area (Å²) in [5, 5.41) is 9.90. The van der Waals surface area contributed by atoms with Gasteiger partial charge in [-0.25, -0.2) is 0 Å². The molecule has 5 nitrogen and oxygen atoms in total. The first kappa shape index (κ1) is 20.7. The van der Waals surface area contributed by atoms with Crippen LogP contribution < -0.4 is 5.73 Å². The van der Waals surface area contributed by atoms with Crippen LogP contribution in [0.15, 0.2) is 24.3 Å². The van der Waals surface area contributed by atoms with E-state index in [4.69, 9.17) is 17.3 Å². The molecule has 24 heavy (non-hydrogen) atoms. The van der Waals surface area contributed by atoms with Gasteiger partial charge >= 0.3 is 5.97 Å². The highest BCUT2D eigenvalue weighted by molar-refractivity contribution is 6.30. The zero-order chi connectivity index (χ0) is 16.8. The van der Waals surface area contributed by atoms with Crippen LogP contribution in [-0.2, 0) is 16.0 Å². The first-order valence-corrected chi connectivity index (χ1v) is 8.34. The summed E-state index contributed by atoms with van der Waals surface area (Å²) in [5.41, 5.74) is 7.10. The highest BCUT2D eigenvalue weighted by Gasteiger charge is 2.28. The molecular formula is C17H24Cl2N2O3. The van der Waals surface area contributed by atoms with Crippen LogP contribution in [-0.4, -0.2) is 41.0 Å². The first-order chi connectivity index (χ1) is 11.0. The molecule has 0 radical (unpaired) electrons. The van der Waals surface area contributed by atoms with E-state index in [0.29, 0.717) is 30.8 Å². The van der Waals surface area contributed by atoms with Crippen molar-refractivity contribution in [2.45, 2.75) is 38.1 Å². The van der Waals surface area contributed by atoms with Crippen molar-refractivity contribution in [3.05, 3.63) is 34.9 Å². The van der Waals surface area contributed by atoms with Gasteiger partial charge in [-0.2, -0.15) is 0 Å². The van der Waals surface area contributed by atoms with E-state index >= 15 is 0 Å². The van der Waals surface area contributed by atoms with Crippen molar-refractivity contribution in [3.63, 3.8) is 0 Å². The summed E-state index contributed by atoms with van der Waals surface area (Å²) in [6, 6.07) is 7.44. The number of carboxylic acids is 1. The predicted octanol–water partition coefficient (Wildman–Crippen LogP) is 2.74. The lowest BCUT2D eigenvalue weighted by atomic mass is 10.0. The molecular weight excluding hydrogens is 351 g/mol. The molecule has 0 spiro atoms. The summed E-state index contributed by atoms with van der Waals surface area (Å²) in [4.78, 5) is 25.2. The number of benzene rings is 1. The Balaban J connectivity index is 0.00000288. The van der Waals surface area contributed by atoms with Gasteiger partial charge < -0.3 is 15.7 Å². The molecule has 1 amide bonds. The van der Waals surface area contributed by atoms with Gasteiger partial charge in [-0.3, -0.25) is 9.59 Å². The Kier molecular flexibility index (Phi) is 8.53. The number of aryl methyl sites for hydroxylation is 1. The summed E-state index contributed by atoms with van der Waals surface area (Å²) in [7, 11) is 0. The molecule has 1 aliphatic heterocycles. The van der Waals surface area contributed by atoms with Crippen LogP contribution in [0.5, 0.6) is 0 Å². The topological polar surface area (TPSA) is 83.6 Å². The lowest BCUT2D eigenvalue weighted by Crippen LogP contribution is -2.41. The fourth-order valence-corrected chi connectivity index (χ4v) is 3.01. The predicted molar refractivity (Wildman–Crippen MR) is 96.6 cm³/mol. The smallest absolute Gasteiger partial charge is 0.308 e. The second-order valence-corrected chi connectivity index (χ2v) is 6.59. The van der Waals surface area contributed by atoms with Gasteiger partial charge in [-0.1, -0.05) is 23.7 Å². The summed E-state index contributed by atoms with van der Waals surface area (Å²) in [6.45, 7) is 0.715. The van der Waals surface area contributed by atoms with Gasteiger partial charge in [0.15, 0.2) is 0 Å². The Bertz CT molecular complexity index is 551.